The van der Waals surface area contributed by atoms with E-state index in [0.717, 1.165) is 0 Å². The van der Waals surface area contributed by atoms with Crippen molar-refractivity contribution in [1.29, 1.82) is 0 Å². The van der Waals surface area contributed by atoms with Gasteiger partial charge in [-0.3, -0.25) is 20.6 Å². The molecule has 9 nitrogen and oxygen atoms in total. The lowest BCUT2D eigenvalue weighted by Crippen LogP contribution is -2.34. The third-order valence-electron chi connectivity index (χ3n) is 3.27. The lowest BCUT2D eigenvalue weighted by Gasteiger charge is -2.13. The summed E-state index contributed by atoms with van der Waals surface area (Å²) in [4.78, 5) is 23.8. The molecule has 2 heterocycles. The van der Waals surface area contributed by atoms with E-state index in [2.05, 4.69) is 25.8 Å². The van der Waals surface area contributed by atoms with Gasteiger partial charge in [0.05, 0.1) is 11.2 Å². The summed E-state index contributed by atoms with van der Waals surface area (Å²) >= 11 is 11.8. The van der Waals surface area contributed by atoms with Gasteiger partial charge >= 0.3 is 0 Å². The molecule has 0 aliphatic heterocycles. The predicted octanol–water partition coefficient (Wildman–Crippen LogP) is 3.08. The van der Waals surface area contributed by atoms with Crippen molar-refractivity contribution in [3.63, 3.8) is 0 Å². The van der Waals surface area contributed by atoms with Gasteiger partial charge in [0.1, 0.15) is 23.5 Å². The fourth-order valence-corrected chi connectivity index (χ4v) is 2.44. The summed E-state index contributed by atoms with van der Waals surface area (Å²) in [6, 6.07) is 8.09. The maximum absolute atomic E-state index is 12.0. The lowest BCUT2D eigenvalue weighted by molar-refractivity contribution is -0.122. The Hall–Kier alpha value is -3.30. The summed E-state index contributed by atoms with van der Waals surface area (Å²) in [6.45, 7) is -0.293. The highest BCUT2D eigenvalue weighted by molar-refractivity contribution is 6.35. The molecule has 0 atom stereocenters. The van der Waals surface area contributed by atoms with Crippen LogP contribution in [0, 0.1) is 0 Å². The van der Waals surface area contributed by atoms with Gasteiger partial charge in [-0.2, -0.15) is 4.98 Å². The first-order valence-electron chi connectivity index (χ1n) is 7.84. The largest absolute Gasteiger partial charge is 0.482 e. The van der Waals surface area contributed by atoms with Crippen molar-refractivity contribution in [2.75, 3.05) is 17.8 Å². The quantitative estimate of drug-likeness (QED) is 0.498. The second-order valence-electron chi connectivity index (χ2n) is 5.27. The van der Waals surface area contributed by atoms with E-state index in [4.69, 9.17) is 38.4 Å². The highest BCUT2D eigenvalue weighted by Gasteiger charge is 2.12. The molecule has 0 aliphatic rings. The van der Waals surface area contributed by atoms with Crippen molar-refractivity contribution in [3.8, 4) is 17.4 Å². The standard InChI is InChI=1S/C17H14Cl2N6O3/c18-10-3-4-13(12(19)6-10)27-8-14(26)24-25-16-15(20)17(23-9-22-16)28-11-2-1-5-21-7-11/h1-7,9H,8,20H2,(H,24,26)(H,22,23,25). The molecule has 4 N–H and O–H groups in total. The molecule has 0 saturated carbocycles. The topological polar surface area (TPSA) is 124 Å². The first-order chi connectivity index (χ1) is 13.5. The number of aromatic nitrogens is 3. The van der Waals surface area contributed by atoms with Gasteiger partial charge in [0.2, 0.25) is 5.88 Å². The molecule has 0 saturated heterocycles. The number of anilines is 2. The smallest absolute Gasteiger partial charge is 0.276 e. The van der Waals surface area contributed by atoms with E-state index in [1.165, 1.54) is 18.6 Å². The number of nitrogens with zero attached hydrogens (tertiary/aromatic N) is 3. The van der Waals surface area contributed by atoms with Crippen LogP contribution in [-0.2, 0) is 4.79 Å². The van der Waals surface area contributed by atoms with Gasteiger partial charge in [0.25, 0.3) is 5.91 Å². The number of amides is 1. The van der Waals surface area contributed by atoms with Gasteiger partial charge in [-0.1, -0.05) is 23.2 Å². The van der Waals surface area contributed by atoms with E-state index < -0.39 is 5.91 Å². The summed E-state index contributed by atoms with van der Waals surface area (Å²) in [5, 5.41) is 0.762. The molecule has 1 amide bonds. The summed E-state index contributed by atoms with van der Waals surface area (Å²) in [5.41, 5.74) is 11.1. The monoisotopic (exact) mass is 420 g/mol. The van der Waals surface area contributed by atoms with Gasteiger partial charge in [0, 0.05) is 11.2 Å². The molecule has 3 rings (SSSR count). The van der Waals surface area contributed by atoms with Crippen LogP contribution in [0.25, 0.3) is 0 Å². The normalized spacial score (nSPS) is 10.2. The van der Waals surface area contributed by atoms with Crippen LogP contribution in [0.4, 0.5) is 11.5 Å². The Labute approximate surface area is 169 Å². The number of nitrogens with two attached hydrogens (primary N) is 1. The molecule has 0 radical (unpaired) electrons. The van der Waals surface area contributed by atoms with Gasteiger partial charge in [0.15, 0.2) is 12.4 Å². The maximum Gasteiger partial charge on any atom is 0.276 e. The van der Waals surface area contributed by atoms with Crippen molar-refractivity contribution in [2.24, 2.45) is 0 Å². The number of rotatable bonds is 7. The van der Waals surface area contributed by atoms with Crippen LogP contribution >= 0.6 is 23.2 Å². The Bertz CT molecular complexity index is 974. The summed E-state index contributed by atoms with van der Waals surface area (Å²) < 4.78 is 10.9. The minimum Gasteiger partial charge on any atom is -0.482 e. The molecule has 28 heavy (non-hydrogen) atoms. The zero-order valence-corrected chi connectivity index (χ0v) is 15.7. The van der Waals surface area contributed by atoms with Gasteiger partial charge in [-0.25, -0.2) is 4.98 Å². The molecular formula is C17H14Cl2N6O3. The molecule has 0 spiro atoms. The molecule has 11 heteroatoms. The fourth-order valence-electron chi connectivity index (χ4n) is 1.98. The number of hydrogen-bond donors (Lipinski definition) is 3. The summed E-state index contributed by atoms with van der Waals surface area (Å²) in [6.07, 6.45) is 4.36. The van der Waals surface area contributed by atoms with E-state index in [0.29, 0.717) is 21.5 Å². The van der Waals surface area contributed by atoms with Gasteiger partial charge < -0.3 is 15.2 Å². The van der Waals surface area contributed by atoms with Crippen molar-refractivity contribution in [3.05, 3.63) is 59.1 Å². The van der Waals surface area contributed by atoms with Crippen molar-refractivity contribution < 1.29 is 14.3 Å². The zero-order chi connectivity index (χ0) is 19.9. The molecule has 0 bridgehead atoms. The molecule has 0 unspecified atom stereocenters. The summed E-state index contributed by atoms with van der Waals surface area (Å²) in [7, 11) is 0. The van der Waals surface area contributed by atoms with E-state index >= 15 is 0 Å². The molecule has 0 aliphatic carbocycles. The van der Waals surface area contributed by atoms with Gasteiger partial charge in [-0.15, -0.1) is 0 Å². The number of benzene rings is 1. The van der Waals surface area contributed by atoms with E-state index in [1.807, 2.05) is 0 Å². The Morgan fingerprint density at radius 2 is 2.07 bits per heavy atom. The highest BCUT2D eigenvalue weighted by atomic mass is 35.5. The van der Waals surface area contributed by atoms with Crippen LogP contribution in [0.5, 0.6) is 17.4 Å². The number of carbonyl (C=O) groups excluding carboxylic acids is 1. The van der Waals surface area contributed by atoms with Crippen molar-refractivity contribution >= 4 is 40.6 Å². The molecule has 0 fully saturated rings. The minimum atomic E-state index is -0.487. The van der Waals surface area contributed by atoms with Crippen LogP contribution in [0.3, 0.4) is 0 Å². The van der Waals surface area contributed by atoms with Crippen LogP contribution in [0.1, 0.15) is 0 Å². The van der Waals surface area contributed by atoms with Crippen LogP contribution in [0.15, 0.2) is 49.1 Å². The van der Waals surface area contributed by atoms with E-state index in [1.54, 1.807) is 30.5 Å². The maximum atomic E-state index is 12.0. The van der Waals surface area contributed by atoms with Crippen LogP contribution < -0.4 is 26.1 Å². The average molecular weight is 421 g/mol. The second kappa shape index (κ2) is 9.07. The van der Waals surface area contributed by atoms with E-state index in [-0.39, 0.29) is 24.0 Å². The third-order valence-corrected chi connectivity index (χ3v) is 3.80. The minimum absolute atomic E-state index is 0.105. The van der Waals surface area contributed by atoms with Crippen LogP contribution in [0.2, 0.25) is 10.0 Å². The Morgan fingerprint density at radius 1 is 1.21 bits per heavy atom. The zero-order valence-electron chi connectivity index (χ0n) is 14.2. The number of pyridine rings is 1. The predicted molar refractivity (Wildman–Crippen MR) is 104 cm³/mol. The highest BCUT2D eigenvalue weighted by Crippen LogP contribution is 2.29. The van der Waals surface area contributed by atoms with Gasteiger partial charge in [-0.05, 0) is 30.3 Å². The number of carbonyl (C=O) groups is 1. The SMILES string of the molecule is Nc1c(NNC(=O)COc2ccc(Cl)cc2Cl)ncnc1Oc1cccnc1. The first kappa shape index (κ1) is 19.5. The lowest BCUT2D eigenvalue weighted by atomic mass is 10.3. The number of ether oxygens (including phenoxy) is 2. The third kappa shape index (κ3) is 5.12. The number of nitrogens with one attached hydrogen (secondary N) is 2. The second-order valence-corrected chi connectivity index (χ2v) is 6.11. The van der Waals surface area contributed by atoms with E-state index in [9.17, 15) is 4.79 Å². The summed E-state index contributed by atoms with van der Waals surface area (Å²) in [5.74, 6) is 0.570. The Morgan fingerprint density at radius 3 is 2.82 bits per heavy atom. The molecular weight excluding hydrogens is 407 g/mol. The van der Waals surface area contributed by atoms with Crippen molar-refractivity contribution in [1.82, 2.24) is 20.4 Å². The molecule has 144 valence electrons. The Kier molecular flexibility index (Phi) is 6.30. The average Bonchev–Trinajstić information content (AvgIpc) is 2.69. The number of hydrazine groups is 1. The first-order valence-corrected chi connectivity index (χ1v) is 8.59. The molecule has 2 aromatic heterocycles. The molecule has 3 aromatic rings. The number of halogens is 2. The molecule has 1 aromatic carbocycles. The van der Waals surface area contributed by atoms with Crippen LogP contribution in [-0.4, -0.2) is 27.5 Å². The number of hydrogen-bond acceptors (Lipinski definition) is 8. The Balaban J connectivity index is 1.56. The number of nitrogen functional groups attached to an aromatic ring is 1. The fraction of sp³-hybridized carbons (Fsp3) is 0.0588. The van der Waals surface area contributed by atoms with Crippen molar-refractivity contribution in [2.45, 2.75) is 0 Å².